The molecule has 0 spiro atoms. The predicted molar refractivity (Wildman–Crippen MR) is 173 cm³/mol. The van der Waals surface area contributed by atoms with Crippen LogP contribution in [0.25, 0.3) is 5.57 Å². The zero-order chi connectivity index (χ0) is 29.2. The number of carbonyl (C=O) groups is 1. The number of benzene rings is 3. The lowest BCUT2D eigenvalue weighted by Crippen LogP contribution is -2.60. The van der Waals surface area contributed by atoms with Crippen LogP contribution in [0.15, 0.2) is 72.3 Å². The highest BCUT2D eigenvalue weighted by molar-refractivity contribution is 6.42. The van der Waals surface area contributed by atoms with Gasteiger partial charge in [-0.05, 0) is 71.8 Å². The number of carbonyl (C=O) groups excluding carboxylic acids is 1. The Morgan fingerprint density at radius 2 is 1.67 bits per heavy atom. The molecule has 3 aromatic carbocycles. The fourth-order valence-corrected chi connectivity index (χ4v) is 6.84. The molecule has 2 aliphatic heterocycles. The first-order chi connectivity index (χ1) is 20.4. The minimum Gasteiger partial charge on any atom is -0.331 e. The molecular weight excluding hydrogens is 587 g/mol. The van der Waals surface area contributed by atoms with E-state index in [0.717, 1.165) is 79.3 Å². The van der Waals surface area contributed by atoms with E-state index in [4.69, 9.17) is 34.8 Å². The molecule has 8 heteroatoms. The van der Waals surface area contributed by atoms with Crippen LogP contribution in [0.3, 0.4) is 0 Å². The van der Waals surface area contributed by atoms with Gasteiger partial charge in [0.15, 0.2) is 0 Å². The van der Waals surface area contributed by atoms with Crippen molar-refractivity contribution in [2.75, 3.05) is 19.6 Å². The maximum Gasteiger partial charge on any atom is 0.252 e. The van der Waals surface area contributed by atoms with E-state index < -0.39 is 0 Å². The van der Waals surface area contributed by atoms with Crippen LogP contribution in [-0.2, 0) is 24.4 Å². The molecular formula is C34H37Cl3N4O. The first-order valence-electron chi connectivity index (χ1n) is 14.9. The summed E-state index contributed by atoms with van der Waals surface area (Å²) in [5, 5.41) is 9.07. The highest BCUT2D eigenvalue weighted by atomic mass is 35.5. The van der Waals surface area contributed by atoms with Crippen molar-refractivity contribution in [3.05, 3.63) is 110 Å². The molecule has 2 bridgehead atoms. The number of rotatable bonds is 10. The van der Waals surface area contributed by atoms with Crippen molar-refractivity contribution in [1.82, 2.24) is 20.4 Å². The Balaban J connectivity index is 1.27. The standard InChI is InChI=1S/C34H37Cl3N4O/c1-2-40(20-23-5-3-7-26(35)15-23)19-22-9-11-24(12-10-22)29-16-27-17-38-18-31(39-27)32(29)34(42)41(28-13-14-28)21-25-6-4-8-30(36)33(25)37/h3-12,15,27-28,31,38-39H,2,13-14,16-21H2,1H3/t27-,31+/m0/s1. The van der Waals surface area contributed by atoms with E-state index in [1.54, 1.807) is 6.07 Å². The van der Waals surface area contributed by atoms with Gasteiger partial charge in [0.1, 0.15) is 0 Å². The minimum absolute atomic E-state index is 0.0240. The van der Waals surface area contributed by atoms with Gasteiger partial charge in [-0.15, -0.1) is 0 Å². The van der Waals surface area contributed by atoms with Crippen LogP contribution in [0, 0.1) is 0 Å². The van der Waals surface area contributed by atoms with Crippen molar-refractivity contribution in [2.24, 2.45) is 0 Å². The third kappa shape index (κ3) is 6.72. The Labute approximate surface area is 263 Å². The lowest BCUT2D eigenvalue weighted by Gasteiger charge is -2.41. The highest BCUT2D eigenvalue weighted by Crippen LogP contribution is 2.37. The first-order valence-corrected chi connectivity index (χ1v) is 16.0. The van der Waals surface area contributed by atoms with E-state index in [0.29, 0.717) is 22.6 Å². The molecule has 1 saturated heterocycles. The molecule has 42 heavy (non-hydrogen) atoms. The summed E-state index contributed by atoms with van der Waals surface area (Å²) in [6.07, 6.45) is 2.85. The van der Waals surface area contributed by atoms with E-state index in [2.05, 4.69) is 52.8 Å². The summed E-state index contributed by atoms with van der Waals surface area (Å²) in [6, 6.07) is 23.1. The van der Waals surface area contributed by atoms with Crippen LogP contribution < -0.4 is 10.6 Å². The number of amides is 1. The predicted octanol–water partition coefficient (Wildman–Crippen LogP) is 6.95. The Hall–Kier alpha value is -2.38. The smallest absolute Gasteiger partial charge is 0.252 e. The molecule has 2 heterocycles. The number of nitrogens with one attached hydrogen (secondary N) is 2. The lowest BCUT2D eigenvalue weighted by molar-refractivity contribution is -0.128. The SMILES string of the molecule is CCN(Cc1ccc(C2=C(C(=O)N(Cc3cccc(Cl)c3Cl)C3CC3)[C@H]3CNC[C@H](C2)N3)cc1)Cc1cccc(Cl)c1. The molecule has 3 aliphatic rings. The first kappa shape index (κ1) is 29.7. The lowest BCUT2D eigenvalue weighted by atomic mass is 9.83. The fourth-order valence-electron chi connectivity index (χ4n) is 6.24. The van der Waals surface area contributed by atoms with Gasteiger partial charge < -0.3 is 15.5 Å². The number of halogens is 3. The van der Waals surface area contributed by atoms with Gasteiger partial charge in [0.2, 0.25) is 0 Å². The average molecular weight is 624 g/mol. The van der Waals surface area contributed by atoms with Crippen LogP contribution in [0.2, 0.25) is 15.1 Å². The van der Waals surface area contributed by atoms with Crippen LogP contribution >= 0.6 is 34.8 Å². The van der Waals surface area contributed by atoms with Gasteiger partial charge in [0.25, 0.3) is 5.91 Å². The Bertz CT molecular complexity index is 1470. The number of piperazine rings is 1. The second-order valence-corrected chi connectivity index (χ2v) is 12.9. The summed E-state index contributed by atoms with van der Waals surface area (Å²) in [7, 11) is 0. The Morgan fingerprint density at radius 1 is 0.905 bits per heavy atom. The molecule has 2 N–H and O–H groups in total. The van der Waals surface area contributed by atoms with Crippen molar-refractivity contribution < 1.29 is 4.79 Å². The van der Waals surface area contributed by atoms with Gasteiger partial charge in [-0.3, -0.25) is 9.69 Å². The average Bonchev–Trinajstić information content (AvgIpc) is 3.83. The van der Waals surface area contributed by atoms with Crippen molar-refractivity contribution in [3.8, 4) is 0 Å². The van der Waals surface area contributed by atoms with Crippen molar-refractivity contribution in [3.63, 3.8) is 0 Å². The summed E-state index contributed by atoms with van der Waals surface area (Å²) in [5.74, 6) is 0.103. The third-order valence-corrected chi connectivity index (χ3v) is 9.70. The molecule has 1 aliphatic carbocycles. The number of nitrogens with zero attached hydrogens (tertiary/aromatic N) is 2. The molecule has 0 radical (unpaired) electrons. The summed E-state index contributed by atoms with van der Waals surface area (Å²) in [6.45, 7) is 6.92. The monoisotopic (exact) mass is 622 g/mol. The Kier molecular flexibility index (Phi) is 9.25. The maximum atomic E-state index is 14.4. The van der Waals surface area contributed by atoms with Gasteiger partial charge in [-0.25, -0.2) is 0 Å². The van der Waals surface area contributed by atoms with Gasteiger partial charge >= 0.3 is 0 Å². The van der Waals surface area contributed by atoms with Crippen LogP contribution in [-0.4, -0.2) is 53.5 Å². The summed E-state index contributed by atoms with van der Waals surface area (Å²) < 4.78 is 0. The number of fused-ring (bicyclic) bond motifs is 2. The quantitative estimate of drug-likeness (QED) is 0.257. The zero-order valence-electron chi connectivity index (χ0n) is 23.9. The normalized spacial score (nSPS) is 20.2. The second-order valence-electron chi connectivity index (χ2n) is 11.7. The van der Waals surface area contributed by atoms with Crippen molar-refractivity contribution in [2.45, 2.75) is 63.9 Å². The summed E-state index contributed by atoms with van der Waals surface area (Å²) in [5.41, 5.74) is 6.53. The van der Waals surface area contributed by atoms with Crippen LogP contribution in [0.4, 0.5) is 0 Å². The van der Waals surface area contributed by atoms with E-state index in [1.165, 1.54) is 11.1 Å². The Morgan fingerprint density at radius 3 is 2.40 bits per heavy atom. The van der Waals surface area contributed by atoms with Gasteiger partial charge in [-0.1, -0.05) is 90.3 Å². The molecule has 1 saturated carbocycles. The van der Waals surface area contributed by atoms with E-state index >= 15 is 0 Å². The number of hydrogen-bond donors (Lipinski definition) is 2. The third-order valence-electron chi connectivity index (χ3n) is 8.60. The van der Waals surface area contributed by atoms with Crippen LogP contribution in [0.5, 0.6) is 0 Å². The van der Waals surface area contributed by atoms with Crippen LogP contribution in [0.1, 0.15) is 48.4 Å². The summed E-state index contributed by atoms with van der Waals surface area (Å²) in [4.78, 5) is 18.8. The van der Waals surface area contributed by atoms with Gasteiger partial charge in [-0.2, -0.15) is 0 Å². The van der Waals surface area contributed by atoms with E-state index in [9.17, 15) is 4.79 Å². The zero-order valence-corrected chi connectivity index (χ0v) is 26.2. The summed E-state index contributed by atoms with van der Waals surface area (Å²) >= 11 is 19.1. The van der Waals surface area contributed by atoms with Gasteiger partial charge in [0.05, 0.1) is 16.1 Å². The van der Waals surface area contributed by atoms with E-state index in [1.807, 2.05) is 35.2 Å². The van der Waals surface area contributed by atoms with E-state index in [-0.39, 0.29) is 18.0 Å². The molecule has 2 atom stereocenters. The molecule has 0 unspecified atom stereocenters. The van der Waals surface area contributed by atoms with Crippen molar-refractivity contribution >= 4 is 46.3 Å². The molecule has 6 rings (SSSR count). The fraction of sp³-hybridized carbons (Fsp3) is 0.382. The molecule has 0 aromatic heterocycles. The maximum absolute atomic E-state index is 14.4. The molecule has 1 amide bonds. The minimum atomic E-state index is -0.0240. The topological polar surface area (TPSA) is 47.6 Å². The second kappa shape index (κ2) is 13.1. The molecule has 5 nitrogen and oxygen atoms in total. The van der Waals surface area contributed by atoms with Crippen molar-refractivity contribution in [1.29, 1.82) is 0 Å². The molecule has 3 aromatic rings. The largest absolute Gasteiger partial charge is 0.331 e. The highest BCUT2D eigenvalue weighted by Gasteiger charge is 2.41. The number of hydrogen-bond acceptors (Lipinski definition) is 4. The molecule has 2 fully saturated rings. The molecule has 220 valence electrons. The van der Waals surface area contributed by atoms with Gasteiger partial charge in [0, 0.05) is 55.4 Å².